The van der Waals surface area contributed by atoms with E-state index in [1.165, 1.54) is 18.7 Å². The minimum atomic E-state index is 0.740. The van der Waals surface area contributed by atoms with Crippen molar-refractivity contribution < 1.29 is 0 Å². The molecule has 0 rings (SSSR count). The van der Waals surface area contributed by atoms with Gasteiger partial charge in [-0.05, 0) is 38.7 Å². The van der Waals surface area contributed by atoms with Crippen molar-refractivity contribution in [1.82, 2.24) is 10.2 Å². The van der Waals surface area contributed by atoms with E-state index in [1.54, 1.807) is 0 Å². The minimum absolute atomic E-state index is 0.740. The summed E-state index contributed by atoms with van der Waals surface area (Å²) >= 11 is 1.95. The van der Waals surface area contributed by atoms with E-state index in [2.05, 4.69) is 44.3 Å². The molecular weight excluding hydrogens is 204 g/mol. The monoisotopic (exact) mass is 232 g/mol. The van der Waals surface area contributed by atoms with Crippen LogP contribution in [-0.4, -0.2) is 49.6 Å². The van der Waals surface area contributed by atoms with Gasteiger partial charge in [0.25, 0.3) is 0 Å². The van der Waals surface area contributed by atoms with Crippen LogP contribution in [0, 0.1) is 5.92 Å². The van der Waals surface area contributed by atoms with Crippen LogP contribution in [-0.2, 0) is 0 Å². The molecule has 2 atom stereocenters. The Morgan fingerprint density at radius 3 is 2.47 bits per heavy atom. The Kier molecular flexibility index (Phi) is 9.66. The van der Waals surface area contributed by atoms with Crippen LogP contribution in [0.25, 0.3) is 0 Å². The zero-order chi connectivity index (χ0) is 11.7. The van der Waals surface area contributed by atoms with Gasteiger partial charge in [-0.25, -0.2) is 0 Å². The SMILES string of the molecule is CCNCC(C)CN(C)C(CC)CSC. The number of hydrogen-bond acceptors (Lipinski definition) is 3. The number of rotatable bonds is 9. The molecule has 0 heterocycles. The number of nitrogens with one attached hydrogen (secondary N) is 1. The number of thioether (sulfide) groups is 1. The molecule has 0 aliphatic carbocycles. The fourth-order valence-corrected chi connectivity index (χ4v) is 2.72. The quantitative estimate of drug-likeness (QED) is 0.657. The highest BCUT2D eigenvalue weighted by Crippen LogP contribution is 2.10. The Hall–Kier alpha value is 0.270. The summed E-state index contributed by atoms with van der Waals surface area (Å²) < 4.78 is 0. The molecule has 0 aliphatic heterocycles. The summed E-state index contributed by atoms with van der Waals surface area (Å²) in [4.78, 5) is 2.51. The van der Waals surface area contributed by atoms with Gasteiger partial charge in [-0.15, -0.1) is 0 Å². The maximum Gasteiger partial charge on any atom is 0.0180 e. The van der Waals surface area contributed by atoms with Gasteiger partial charge in [-0.3, -0.25) is 0 Å². The normalized spacial score (nSPS) is 15.6. The lowest BCUT2D eigenvalue weighted by atomic mass is 10.1. The number of hydrogen-bond donors (Lipinski definition) is 1. The highest BCUT2D eigenvalue weighted by molar-refractivity contribution is 7.98. The van der Waals surface area contributed by atoms with Gasteiger partial charge in [0.05, 0.1) is 0 Å². The van der Waals surface area contributed by atoms with Gasteiger partial charge in [0.2, 0.25) is 0 Å². The van der Waals surface area contributed by atoms with Gasteiger partial charge in [0, 0.05) is 18.3 Å². The average molecular weight is 232 g/mol. The largest absolute Gasteiger partial charge is 0.317 e. The molecule has 0 aromatic rings. The fraction of sp³-hybridized carbons (Fsp3) is 1.00. The summed E-state index contributed by atoms with van der Waals surface area (Å²) in [7, 11) is 2.26. The van der Waals surface area contributed by atoms with Crippen molar-refractivity contribution >= 4 is 11.8 Å². The zero-order valence-electron chi connectivity index (χ0n) is 11.0. The third kappa shape index (κ3) is 7.20. The van der Waals surface area contributed by atoms with Crippen molar-refractivity contribution in [1.29, 1.82) is 0 Å². The van der Waals surface area contributed by atoms with Crippen LogP contribution in [0.4, 0.5) is 0 Å². The molecular formula is C12H28N2S. The standard InChI is InChI=1S/C12H28N2S/c1-6-12(10-15-5)14(4)9-11(3)8-13-7-2/h11-13H,6-10H2,1-5H3. The first-order valence-electron chi connectivity index (χ1n) is 6.05. The highest BCUT2D eigenvalue weighted by Gasteiger charge is 2.14. The van der Waals surface area contributed by atoms with Gasteiger partial charge < -0.3 is 10.2 Å². The molecule has 0 fully saturated rings. The van der Waals surface area contributed by atoms with Crippen LogP contribution in [0.2, 0.25) is 0 Å². The van der Waals surface area contributed by atoms with Crippen LogP contribution < -0.4 is 5.32 Å². The summed E-state index contributed by atoms with van der Waals surface area (Å²) in [5.41, 5.74) is 0. The van der Waals surface area contributed by atoms with Gasteiger partial charge in [-0.2, -0.15) is 11.8 Å². The Balaban J connectivity index is 3.81. The van der Waals surface area contributed by atoms with Crippen LogP contribution in [0.15, 0.2) is 0 Å². The maximum atomic E-state index is 3.41. The Bertz CT molecular complexity index is 142. The third-order valence-electron chi connectivity index (χ3n) is 2.80. The second-order valence-electron chi connectivity index (χ2n) is 4.37. The molecule has 0 saturated carbocycles. The molecule has 2 nitrogen and oxygen atoms in total. The first-order chi connectivity index (χ1) is 7.15. The molecule has 0 aliphatic rings. The second-order valence-corrected chi connectivity index (χ2v) is 5.28. The van der Waals surface area contributed by atoms with Gasteiger partial charge >= 0.3 is 0 Å². The topological polar surface area (TPSA) is 15.3 Å². The molecule has 0 amide bonds. The van der Waals surface area contributed by atoms with Crippen LogP contribution in [0.3, 0.4) is 0 Å². The van der Waals surface area contributed by atoms with E-state index in [4.69, 9.17) is 0 Å². The molecule has 0 aromatic carbocycles. The Morgan fingerprint density at radius 1 is 1.33 bits per heavy atom. The fourth-order valence-electron chi connectivity index (χ4n) is 1.85. The molecule has 0 aromatic heterocycles. The van der Waals surface area contributed by atoms with Crippen molar-refractivity contribution in [3.63, 3.8) is 0 Å². The van der Waals surface area contributed by atoms with E-state index in [1.807, 2.05) is 11.8 Å². The van der Waals surface area contributed by atoms with E-state index in [9.17, 15) is 0 Å². The van der Waals surface area contributed by atoms with Gasteiger partial charge in [-0.1, -0.05) is 20.8 Å². The zero-order valence-corrected chi connectivity index (χ0v) is 11.9. The molecule has 3 heteroatoms. The van der Waals surface area contributed by atoms with E-state index in [-0.39, 0.29) is 0 Å². The van der Waals surface area contributed by atoms with Gasteiger partial charge in [0.1, 0.15) is 0 Å². The van der Waals surface area contributed by atoms with Crippen LogP contribution in [0.5, 0.6) is 0 Å². The summed E-state index contributed by atoms with van der Waals surface area (Å²) in [6.07, 6.45) is 3.45. The van der Waals surface area contributed by atoms with Gasteiger partial charge in [0.15, 0.2) is 0 Å². The lowest BCUT2D eigenvalue weighted by Gasteiger charge is -2.29. The molecule has 1 N–H and O–H groups in total. The Labute approximate surface area is 100 Å². The summed E-state index contributed by atoms with van der Waals surface area (Å²) in [5.74, 6) is 1.99. The van der Waals surface area contributed by atoms with Crippen LogP contribution >= 0.6 is 11.8 Å². The second kappa shape index (κ2) is 9.49. The van der Waals surface area contributed by atoms with Crippen molar-refractivity contribution in [3.8, 4) is 0 Å². The van der Waals surface area contributed by atoms with Crippen molar-refractivity contribution in [2.24, 2.45) is 5.92 Å². The first kappa shape index (κ1) is 15.3. The molecule has 2 unspecified atom stereocenters. The average Bonchev–Trinajstić information content (AvgIpc) is 2.22. The lowest BCUT2D eigenvalue weighted by Crippen LogP contribution is -2.38. The minimum Gasteiger partial charge on any atom is -0.317 e. The van der Waals surface area contributed by atoms with Crippen molar-refractivity contribution in [2.45, 2.75) is 33.2 Å². The number of nitrogens with zero attached hydrogens (tertiary/aromatic N) is 1. The maximum absolute atomic E-state index is 3.41. The predicted molar refractivity (Wildman–Crippen MR) is 72.8 cm³/mol. The van der Waals surface area contributed by atoms with E-state index in [0.29, 0.717) is 0 Å². The highest BCUT2D eigenvalue weighted by atomic mass is 32.2. The molecule has 0 radical (unpaired) electrons. The summed E-state index contributed by atoms with van der Waals surface area (Å²) in [6, 6.07) is 0.740. The van der Waals surface area contributed by atoms with Crippen LogP contribution in [0.1, 0.15) is 27.2 Å². The Morgan fingerprint density at radius 2 is 2.00 bits per heavy atom. The predicted octanol–water partition coefficient (Wildman–Crippen LogP) is 2.31. The molecule has 0 bridgehead atoms. The first-order valence-corrected chi connectivity index (χ1v) is 7.44. The smallest absolute Gasteiger partial charge is 0.0180 e. The summed E-state index contributed by atoms with van der Waals surface area (Å²) in [5, 5.41) is 3.41. The van der Waals surface area contributed by atoms with Crippen molar-refractivity contribution in [3.05, 3.63) is 0 Å². The van der Waals surface area contributed by atoms with Crippen molar-refractivity contribution in [2.75, 3.05) is 38.7 Å². The summed E-state index contributed by atoms with van der Waals surface area (Å²) in [6.45, 7) is 10.2. The molecule has 0 spiro atoms. The molecule has 92 valence electrons. The van der Waals surface area contributed by atoms with E-state index >= 15 is 0 Å². The third-order valence-corrected chi connectivity index (χ3v) is 3.51. The lowest BCUT2D eigenvalue weighted by molar-refractivity contribution is 0.221. The van der Waals surface area contributed by atoms with E-state index < -0.39 is 0 Å². The van der Waals surface area contributed by atoms with E-state index in [0.717, 1.165) is 25.0 Å². The molecule has 0 saturated heterocycles. The molecule has 15 heavy (non-hydrogen) atoms.